The molecule has 128 valence electrons. The topological polar surface area (TPSA) is 69.4 Å². The largest absolute Gasteiger partial charge is 0.428 e. The summed E-state index contributed by atoms with van der Waals surface area (Å²) in [7, 11) is 0. The Kier molecular flexibility index (Phi) is 5.67. The van der Waals surface area contributed by atoms with Crippen LogP contribution in [0.3, 0.4) is 0 Å². The van der Waals surface area contributed by atoms with Crippen molar-refractivity contribution in [1.29, 1.82) is 0 Å². The van der Waals surface area contributed by atoms with Crippen LogP contribution in [0.5, 0.6) is 5.75 Å². The van der Waals surface area contributed by atoms with Crippen LogP contribution in [0.15, 0.2) is 66.7 Å². The van der Waals surface area contributed by atoms with Gasteiger partial charge in [-0.1, -0.05) is 18.2 Å². The van der Waals surface area contributed by atoms with Crippen molar-refractivity contribution in [2.24, 2.45) is 0 Å². The summed E-state index contributed by atoms with van der Waals surface area (Å²) in [5.41, 5.74) is 0.697. The van der Waals surface area contributed by atoms with Crippen molar-refractivity contribution in [2.75, 3.05) is 0 Å². The summed E-state index contributed by atoms with van der Waals surface area (Å²) >= 11 is 0. The number of rotatable bonds is 6. The van der Waals surface area contributed by atoms with Gasteiger partial charge in [-0.2, -0.15) is 13.2 Å². The van der Waals surface area contributed by atoms with Crippen LogP contribution in [0.1, 0.15) is 15.9 Å². The van der Waals surface area contributed by atoms with Crippen molar-refractivity contribution in [3.05, 3.63) is 87.9 Å². The number of carbonyl (C=O) groups excluding carboxylic acids is 1. The highest BCUT2D eigenvalue weighted by Gasteiger charge is 2.08. The van der Waals surface area contributed by atoms with Gasteiger partial charge in [0.2, 0.25) is 0 Å². The highest BCUT2D eigenvalue weighted by Crippen LogP contribution is 2.19. The van der Waals surface area contributed by atoms with Gasteiger partial charge in [-0.05, 0) is 35.9 Å². The number of halogens is 3. The van der Waals surface area contributed by atoms with Gasteiger partial charge in [0.15, 0.2) is 5.78 Å². The Morgan fingerprint density at radius 3 is 2.12 bits per heavy atom. The van der Waals surface area contributed by atoms with E-state index in [0.717, 1.165) is 0 Å². The molecule has 0 fully saturated rings. The molecule has 0 bridgehead atoms. The maximum atomic E-state index is 12.6. The molecule has 0 saturated carbocycles. The predicted molar refractivity (Wildman–Crippen MR) is 83.9 cm³/mol. The molecule has 0 aliphatic rings. The lowest BCUT2D eigenvalue weighted by Gasteiger charge is -2.02. The Morgan fingerprint density at radius 2 is 1.60 bits per heavy atom. The number of benzene rings is 2. The zero-order chi connectivity index (χ0) is 18.4. The summed E-state index contributed by atoms with van der Waals surface area (Å²) in [4.78, 5) is 22.0. The van der Waals surface area contributed by atoms with E-state index in [9.17, 15) is 28.1 Å². The van der Waals surface area contributed by atoms with E-state index in [2.05, 4.69) is 4.74 Å². The van der Waals surface area contributed by atoms with Crippen molar-refractivity contribution >= 4 is 17.5 Å². The summed E-state index contributed by atoms with van der Waals surface area (Å²) in [5, 5.41) is 10.6. The van der Waals surface area contributed by atoms with Crippen molar-refractivity contribution in [1.82, 2.24) is 0 Å². The minimum absolute atomic E-state index is 0.121. The Bertz CT molecular complexity index is 839. The number of ketones is 1. The summed E-state index contributed by atoms with van der Waals surface area (Å²) in [6, 6.07) is 8.55. The van der Waals surface area contributed by atoms with E-state index in [1.54, 1.807) is 0 Å². The molecule has 0 aromatic heterocycles. The summed E-state index contributed by atoms with van der Waals surface area (Å²) < 4.78 is 40.8. The van der Waals surface area contributed by atoms with Crippen LogP contribution in [-0.4, -0.2) is 10.7 Å². The summed E-state index contributed by atoms with van der Waals surface area (Å²) in [5.74, 6) is -0.493. The molecular formula is C17H10F3NO4. The number of hydrogen-bond donors (Lipinski definition) is 0. The van der Waals surface area contributed by atoms with Gasteiger partial charge >= 0.3 is 12.1 Å². The average Bonchev–Trinajstić information content (AvgIpc) is 2.60. The SMILES string of the molecule is O=C(C=Cc1ccc(OC(F)=C(F)F)cc1)c1ccc([N+](=O)[O-])cc1. The number of carbonyl (C=O) groups is 1. The molecule has 0 aliphatic heterocycles. The lowest BCUT2D eigenvalue weighted by atomic mass is 10.1. The predicted octanol–water partition coefficient (Wildman–Crippen LogP) is 4.90. The van der Waals surface area contributed by atoms with Crippen molar-refractivity contribution < 1.29 is 27.6 Å². The van der Waals surface area contributed by atoms with E-state index in [1.165, 1.54) is 60.7 Å². The molecule has 0 radical (unpaired) electrons. The first-order valence-electron chi connectivity index (χ1n) is 6.82. The van der Waals surface area contributed by atoms with E-state index in [-0.39, 0.29) is 22.8 Å². The van der Waals surface area contributed by atoms with E-state index in [4.69, 9.17) is 0 Å². The zero-order valence-corrected chi connectivity index (χ0v) is 12.5. The Labute approximate surface area is 139 Å². The van der Waals surface area contributed by atoms with Crippen molar-refractivity contribution in [2.45, 2.75) is 0 Å². The maximum Gasteiger partial charge on any atom is 0.344 e. The number of non-ortho nitro benzene ring substituents is 1. The van der Waals surface area contributed by atoms with Crippen LogP contribution >= 0.6 is 0 Å². The second kappa shape index (κ2) is 7.91. The molecule has 0 spiro atoms. The first-order valence-corrected chi connectivity index (χ1v) is 6.82. The molecule has 2 aromatic rings. The lowest BCUT2D eigenvalue weighted by molar-refractivity contribution is -0.384. The highest BCUT2D eigenvalue weighted by molar-refractivity contribution is 6.06. The minimum atomic E-state index is -2.56. The van der Waals surface area contributed by atoms with Crippen LogP contribution in [0.2, 0.25) is 0 Å². The standard InChI is InChI=1S/C17H10F3NO4/c18-16(19)17(20)25-14-8-1-11(2-9-14)3-10-15(22)12-4-6-13(7-5-12)21(23)24/h1-10H. The normalized spacial score (nSPS) is 10.5. The second-order valence-corrected chi connectivity index (χ2v) is 4.71. The Hall–Kier alpha value is -3.42. The molecule has 0 saturated heterocycles. The molecule has 2 aromatic carbocycles. The number of hydrogen-bond acceptors (Lipinski definition) is 4. The van der Waals surface area contributed by atoms with Gasteiger partial charge in [0, 0.05) is 17.7 Å². The Balaban J connectivity index is 2.04. The second-order valence-electron chi connectivity index (χ2n) is 4.71. The molecule has 8 heteroatoms. The quantitative estimate of drug-likeness (QED) is 0.244. The van der Waals surface area contributed by atoms with Gasteiger partial charge in [0.25, 0.3) is 5.69 Å². The van der Waals surface area contributed by atoms with Crippen LogP contribution in [0.4, 0.5) is 18.9 Å². The Morgan fingerprint density at radius 1 is 1.00 bits per heavy atom. The van der Waals surface area contributed by atoms with Crippen LogP contribution in [0.25, 0.3) is 6.08 Å². The molecule has 0 heterocycles. The first kappa shape index (κ1) is 17.9. The average molecular weight is 349 g/mol. The first-order chi connectivity index (χ1) is 11.9. The van der Waals surface area contributed by atoms with Crippen LogP contribution in [-0.2, 0) is 0 Å². The molecular weight excluding hydrogens is 339 g/mol. The van der Waals surface area contributed by atoms with Crippen LogP contribution in [0, 0.1) is 10.1 Å². The summed E-state index contributed by atoms with van der Waals surface area (Å²) in [6.45, 7) is 0. The van der Waals surface area contributed by atoms with Crippen LogP contribution < -0.4 is 4.74 Å². The lowest BCUT2D eigenvalue weighted by Crippen LogP contribution is -1.95. The number of nitro benzene ring substituents is 1. The highest BCUT2D eigenvalue weighted by atomic mass is 19.3. The van der Waals surface area contributed by atoms with Gasteiger partial charge < -0.3 is 4.74 Å². The molecule has 0 aliphatic carbocycles. The fraction of sp³-hybridized carbons (Fsp3) is 0. The fourth-order valence-electron chi connectivity index (χ4n) is 1.80. The molecule has 0 atom stereocenters. The van der Waals surface area contributed by atoms with Gasteiger partial charge in [-0.3, -0.25) is 14.9 Å². The van der Waals surface area contributed by atoms with Crippen molar-refractivity contribution in [3.63, 3.8) is 0 Å². The van der Waals surface area contributed by atoms with Gasteiger partial charge in [-0.15, -0.1) is 0 Å². The van der Waals surface area contributed by atoms with E-state index < -0.39 is 17.0 Å². The van der Waals surface area contributed by atoms with Gasteiger partial charge in [0.1, 0.15) is 5.75 Å². The van der Waals surface area contributed by atoms with E-state index >= 15 is 0 Å². The molecule has 25 heavy (non-hydrogen) atoms. The molecule has 0 N–H and O–H groups in total. The molecule has 0 amide bonds. The summed E-state index contributed by atoms with van der Waals surface area (Å²) in [6.07, 6.45) is 0.145. The maximum absolute atomic E-state index is 12.6. The third-order valence-corrected chi connectivity index (χ3v) is 3.03. The smallest absolute Gasteiger partial charge is 0.344 e. The monoisotopic (exact) mass is 349 g/mol. The van der Waals surface area contributed by atoms with Crippen molar-refractivity contribution in [3.8, 4) is 5.75 Å². The van der Waals surface area contributed by atoms with E-state index in [1.807, 2.05) is 0 Å². The van der Waals surface area contributed by atoms with E-state index in [0.29, 0.717) is 5.56 Å². The molecule has 0 unspecified atom stereocenters. The number of nitrogens with zero attached hydrogens (tertiary/aromatic N) is 1. The third-order valence-electron chi connectivity index (χ3n) is 3.03. The zero-order valence-electron chi connectivity index (χ0n) is 12.5. The molecule has 2 rings (SSSR count). The number of allylic oxidation sites excluding steroid dienone is 1. The fourth-order valence-corrected chi connectivity index (χ4v) is 1.80. The van der Waals surface area contributed by atoms with Gasteiger partial charge in [-0.25, -0.2) is 0 Å². The third kappa shape index (κ3) is 5.03. The molecule has 5 nitrogen and oxygen atoms in total. The van der Waals surface area contributed by atoms with Gasteiger partial charge in [0.05, 0.1) is 4.92 Å². The minimum Gasteiger partial charge on any atom is -0.428 e. The number of ether oxygens (including phenoxy) is 1. The number of nitro groups is 1.